The molecule has 2 heteroatoms. The van der Waals surface area contributed by atoms with Gasteiger partial charge >= 0.3 is 0 Å². The Morgan fingerprint density at radius 2 is 2.50 bits per heavy atom. The highest BCUT2D eigenvalue weighted by atomic mass is 32.1. The summed E-state index contributed by atoms with van der Waals surface area (Å²) in [6.45, 7) is 4.23. The molecule has 1 aromatic heterocycles. The van der Waals surface area contributed by atoms with Gasteiger partial charge < -0.3 is 0 Å². The lowest BCUT2D eigenvalue weighted by Gasteiger charge is -1.85. The molecule has 0 aromatic carbocycles. The Balaban J connectivity index is 2.92. The molecule has 1 rings (SSSR count). The summed E-state index contributed by atoms with van der Waals surface area (Å²) < 4.78 is 4.18. The van der Waals surface area contributed by atoms with E-state index >= 15 is 0 Å². The van der Waals surface area contributed by atoms with E-state index in [1.807, 2.05) is 0 Å². The van der Waals surface area contributed by atoms with Crippen molar-refractivity contribution in [1.29, 1.82) is 0 Å². The summed E-state index contributed by atoms with van der Waals surface area (Å²) in [6, 6.07) is 0. The molecular formula is C6H9NS. The van der Waals surface area contributed by atoms with Crippen molar-refractivity contribution >= 4 is 11.5 Å². The average Bonchev–Trinajstić information content (AvgIpc) is 2.14. The molecule has 0 aliphatic rings. The predicted molar refractivity (Wildman–Crippen MR) is 36.2 cm³/mol. The summed E-state index contributed by atoms with van der Waals surface area (Å²) in [5.74, 6) is 0. The van der Waals surface area contributed by atoms with E-state index in [2.05, 4.69) is 23.6 Å². The molecule has 0 bridgehead atoms. The maximum Gasteiger partial charge on any atom is 0.0568 e. The van der Waals surface area contributed by atoms with Crippen LogP contribution in [-0.4, -0.2) is 4.37 Å². The summed E-state index contributed by atoms with van der Waals surface area (Å²) in [5, 5.41) is 2.08. The van der Waals surface area contributed by atoms with Gasteiger partial charge in [0.2, 0.25) is 0 Å². The number of aryl methyl sites for hydroxylation is 2. The van der Waals surface area contributed by atoms with Crippen LogP contribution in [0.1, 0.15) is 18.2 Å². The van der Waals surface area contributed by atoms with E-state index < -0.39 is 0 Å². The fraction of sp³-hybridized carbons (Fsp3) is 0.500. The molecule has 8 heavy (non-hydrogen) atoms. The average molecular weight is 127 g/mol. The van der Waals surface area contributed by atoms with Crippen molar-refractivity contribution in [1.82, 2.24) is 4.37 Å². The lowest BCUT2D eigenvalue weighted by molar-refractivity contribution is 1.06. The van der Waals surface area contributed by atoms with E-state index in [1.54, 1.807) is 11.5 Å². The standard InChI is InChI=1S/C6H9NS/c1-3-6-5(2)4-8-7-6/h4H,3H2,1-2H3. The zero-order valence-electron chi connectivity index (χ0n) is 5.14. The first kappa shape index (κ1) is 5.76. The van der Waals surface area contributed by atoms with Crippen molar-refractivity contribution in [3.8, 4) is 0 Å². The highest BCUT2D eigenvalue weighted by molar-refractivity contribution is 7.03. The highest BCUT2D eigenvalue weighted by Gasteiger charge is 1.94. The first-order valence-corrected chi connectivity index (χ1v) is 3.58. The number of aromatic nitrogens is 1. The van der Waals surface area contributed by atoms with Gasteiger partial charge in [-0.3, -0.25) is 0 Å². The van der Waals surface area contributed by atoms with Gasteiger partial charge in [-0.1, -0.05) is 6.92 Å². The minimum atomic E-state index is 1.06. The van der Waals surface area contributed by atoms with E-state index in [0.717, 1.165) is 6.42 Å². The fourth-order valence-corrected chi connectivity index (χ4v) is 1.40. The molecule has 0 aliphatic heterocycles. The second-order valence-electron chi connectivity index (χ2n) is 1.80. The van der Waals surface area contributed by atoms with Gasteiger partial charge in [0.15, 0.2) is 0 Å². The van der Waals surface area contributed by atoms with Crippen molar-refractivity contribution in [2.75, 3.05) is 0 Å². The van der Waals surface area contributed by atoms with Gasteiger partial charge in [-0.15, -0.1) is 0 Å². The molecule has 0 radical (unpaired) electrons. The molecule has 0 atom stereocenters. The van der Waals surface area contributed by atoms with E-state index in [4.69, 9.17) is 0 Å². The van der Waals surface area contributed by atoms with Crippen LogP contribution in [0, 0.1) is 6.92 Å². The van der Waals surface area contributed by atoms with Crippen LogP contribution >= 0.6 is 11.5 Å². The Kier molecular flexibility index (Phi) is 1.63. The highest BCUT2D eigenvalue weighted by Crippen LogP contribution is 2.07. The first-order valence-electron chi connectivity index (χ1n) is 2.74. The van der Waals surface area contributed by atoms with Crippen molar-refractivity contribution in [2.24, 2.45) is 0 Å². The van der Waals surface area contributed by atoms with Gasteiger partial charge in [0.25, 0.3) is 0 Å². The van der Waals surface area contributed by atoms with E-state index in [0.29, 0.717) is 0 Å². The van der Waals surface area contributed by atoms with Gasteiger partial charge in [-0.05, 0) is 30.4 Å². The van der Waals surface area contributed by atoms with E-state index in [-0.39, 0.29) is 0 Å². The molecule has 0 aliphatic carbocycles. The van der Waals surface area contributed by atoms with Gasteiger partial charge in [0.1, 0.15) is 0 Å². The maximum atomic E-state index is 4.18. The summed E-state index contributed by atoms with van der Waals surface area (Å²) in [6.07, 6.45) is 1.06. The van der Waals surface area contributed by atoms with E-state index in [1.165, 1.54) is 11.3 Å². The minimum absolute atomic E-state index is 1.06. The molecule has 0 unspecified atom stereocenters. The third kappa shape index (κ3) is 0.892. The summed E-state index contributed by atoms with van der Waals surface area (Å²) in [4.78, 5) is 0. The normalized spacial score (nSPS) is 9.75. The van der Waals surface area contributed by atoms with Crippen molar-refractivity contribution in [3.63, 3.8) is 0 Å². The molecule has 0 spiro atoms. The molecule has 1 aromatic rings. The smallest absolute Gasteiger partial charge is 0.0568 e. The first-order chi connectivity index (χ1) is 3.84. The monoisotopic (exact) mass is 127 g/mol. The summed E-state index contributed by atoms with van der Waals surface area (Å²) in [5.41, 5.74) is 2.58. The second-order valence-corrected chi connectivity index (χ2v) is 2.43. The molecule has 0 N–H and O–H groups in total. The van der Waals surface area contributed by atoms with Crippen molar-refractivity contribution in [3.05, 3.63) is 16.6 Å². The lowest BCUT2D eigenvalue weighted by atomic mass is 10.2. The third-order valence-electron chi connectivity index (χ3n) is 1.18. The van der Waals surface area contributed by atoms with Crippen molar-refractivity contribution in [2.45, 2.75) is 20.3 Å². The Morgan fingerprint density at radius 1 is 1.75 bits per heavy atom. The molecule has 1 heterocycles. The van der Waals surface area contributed by atoms with Gasteiger partial charge in [0.05, 0.1) is 5.69 Å². The van der Waals surface area contributed by atoms with Crippen LogP contribution in [0.4, 0.5) is 0 Å². The fourth-order valence-electron chi connectivity index (χ4n) is 0.652. The third-order valence-corrected chi connectivity index (χ3v) is 1.97. The van der Waals surface area contributed by atoms with Gasteiger partial charge in [0, 0.05) is 5.38 Å². The molecule has 1 nitrogen and oxygen atoms in total. The number of rotatable bonds is 1. The predicted octanol–water partition coefficient (Wildman–Crippen LogP) is 2.01. The van der Waals surface area contributed by atoms with Crippen LogP contribution in [0.5, 0.6) is 0 Å². The molecular weight excluding hydrogens is 118 g/mol. The molecule has 0 saturated carbocycles. The van der Waals surface area contributed by atoms with E-state index in [9.17, 15) is 0 Å². The van der Waals surface area contributed by atoms with Gasteiger partial charge in [-0.25, -0.2) is 0 Å². The Bertz CT molecular complexity index is 169. The molecule has 44 valence electrons. The lowest BCUT2D eigenvalue weighted by Crippen LogP contribution is -1.79. The topological polar surface area (TPSA) is 12.9 Å². The number of nitrogens with zero attached hydrogens (tertiary/aromatic N) is 1. The Labute approximate surface area is 53.5 Å². The van der Waals surface area contributed by atoms with Crippen molar-refractivity contribution < 1.29 is 0 Å². The largest absolute Gasteiger partial charge is 0.197 e. The van der Waals surface area contributed by atoms with Crippen LogP contribution in [-0.2, 0) is 6.42 Å². The zero-order chi connectivity index (χ0) is 5.98. The SMILES string of the molecule is CCc1nscc1C. The van der Waals surface area contributed by atoms with Crippen LogP contribution in [0.2, 0.25) is 0 Å². The Hall–Kier alpha value is -0.370. The number of hydrogen-bond acceptors (Lipinski definition) is 2. The Morgan fingerprint density at radius 3 is 2.75 bits per heavy atom. The summed E-state index contributed by atoms with van der Waals surface area (Å²) in [7, 11) is 0. The van der Waals surface area contributed by atoms with Crippen LogP contribution < -0.4 is 0 Å². The molecule has 0 saturated heterocycles. The molecule has 0 fully saturated rings. The van der Waals surface area contributed by atoms with Crippen LogP contribution in [0.3, 0.4) is 0 Å². The van der Waals surface area contributed by atoms with Crippen LogP contribution in [0.15, 0.2) is 5.38 Å². The quantitative estimate of drug-likeness (QED) is 0.562. The molecule has 0 amide bonds. The summed E-state index contributed by atoms with van der Waals surface area (Å²) >= 11 is 1.54. The maximum absolute atomic E-state index is 4.18. The second kappa shape index (κ2) is 2.27. The zero-order valence-corrected chi connectivity index (χ0v) is 5.96. The van der Waals surface area contributed by atoms with Crippen LogP contribution in [0.25, 0.3) is 0 Å². The minimum Gasteiger partial charge on any atom is -0.197 e. The van der Waals surface area contributed by atoms with Gasteiger partial charge in [-0.2, -0.15) is 4.37 Å². The number of hydrogen-bond donors (Lipinski definition) is 0.